The maximum absolute atomic E-state index is 12.4. The Balaban J connectivity index is 1.53. The Bertz CT molecular complexity index is 497. The summed E-state index contributed by atoms with van der Waals surface area (Å²) in [6.45, 7) is 0.799. The lowest BCUT2D eigenvalue weighted by Gasteiger charge is -2.31. The monoisotopic (exact) mass is 304 g/mol. The van der Waals surface area contributed by atoms with Crippen molar-refractivity contribution in [3.05, 3.63) is 35.4 Å². The Hall–Kier alpha value is -1.00. The molecule has 114 valence electrons. The molecular formula is C17H24N2OS. The number of benzene rings is 1. The molecule has 4 heteroatoms. The van der Waals surface area contributed by atoms with Crippen molar-refractivity contribution in [2.75, 3.05) is 6.26 Å². The fourth-order valence-corrected chi connectivity index (χ4v) is 4.13. The quantitative estimate of drug-likeness (QED) is 0.901. The maximum Gasteiger partial charge on any atom is 0.237 e. The SMILES string of the molecule is CSC1CCC(NC(=O)C2Cc3ccccc3CN2)CC1. The number of carbonyl (C=O) groups excluding carboxylic acids is 1. The van der Waals surface area contributed by atoms with Gasteiger partial charge in [-0.15, -0.1) is 0 Å². The van der Waals surface area contributed by atoms with Crippen LogP contribution >= 0.6 is 11.8 Å². The van der Waals surface area contributed by atoms with E-state index in [4.69, 9.17) is 0 Å². The number of nitrogens with one attached hydrogen (secondary N) is 2. The summed E-state index contributed by atoms with van der Waals surface area (Å²) >= 11 is 1.96. The van der Waals surface area contributed by atoms with Crippen molar-refractivity contribution in [1.82, 2.24) is 10.6 Å². The minimum Gasteiger partial charge on any atom is -0.352 e. The van der Waals surface area contributed by atoms with Gasteiger partial charge in [0.1, 0.15) is 0 Å². The Morgan fingerprint density at radius 2 is 1.90 bits per heavy atom. The summed E-state index contributed by atoms with van der Waals surface area (Å²) in [5.74, 6) is 0.178. The van der Waals surface area contributed by atoms with Crippen molar-refractivity contribution in [3.8, 4) is 0 Å². The highest BCUT2D eigenvalue weighted by Gasteiger charge is 2.27. The highest BCUT2D eigenvalue weighted by molar-refractivity contribution is 7.99. The normalized spacial score (nSPS) is 28.7. The molecule has 1 heterocycles. The summed E-state index contributed by atoms with van der Waals surface area (Å²) in [4.78, 5) is 12.4. The molecule has 1 aliphatic carbocycles. The first-order chi connectivity index (χ1) is 10.3. The van der Waals surface area contributed by atoms with E-state index < -0.39 is 0 Å². The molecule has 0 spiro atoms. The number of rotatable bonds is 3. The van der Waals surface area contributed by atoms with E-state index in [9.17, 15) is 4.79 Å². The van der Waals surface area contributed by atoms with Gasteiger partial charge < -0.3 is 10.6 Å². The molecule has 1 atom stereocenters. The molecule has 0 aromatic heterocycles. The summed E-state index contributed by atoms with van der Waals surface area (Å²) in [5.41, 5.74) is 2.63. The molecular weight excluding hydrogens is 280 g/mol. The average molecular weight is 304 g/mol. The molecule has 0 saturated heterocycles. The van der Waals surface area contributed by atoms with E-state index in [2.05, 4.69) is 41.2 Å². The molecule has 1 aromatic carbocycles. The smallest absolute Gasteiger partial charge is 0.237 e. The Kier molecular flexibility index (Phi) is 4.86. The summed E-state index contributed by atoms with van der Waals surface area (Å²) < 4.78 is 0. The Morgan fingerprint density at radius 3 is 2.62 bits per heavy atom. The second-order valence-corrected chi connectivity index (χ2v) is 7.26. The molecule has 3 nitrogen and oxygen atoms in total. The van der Waals surface area contributed by atoms with Gasteiger partial charge in [-0.25, -0.2) is 0 Å². The third kappa shape index (κ3) is 3.61. The van der Waals surface area contributed by atoms with Gasteiger partial charge in [0.25, 0.3) is 0 Å². The number of hydrogen-bond acceptors (Lipinski definition) is 3. The summed E-state index contributed by atoms with van der Waals surface area (Å²) in [6, 6.07) is 8.70. The van der Waals surface area contributed by atoms with Crippen molar-refractivity contribution < 1.29 is 4.79 Å². The molecule has 0 radical (unpaired) electrons. The molecule has 1 aliphatic heterocycles. The first kappa shape index (κ1) is 14.9. The second kappa shape index (κ2) is 6.84. The highest BCUT2D eigenvalue weighted by atomic mass is 32.2. The van der Waals surface area contributed by atoms with Crippen LogP contribution in [0.2, 0.25) is 0 Å². The zero-order chi connectivity index (χ0) is 14.7. The lowest BCUT2D eigenvalue weighted by molar-refractivity contribution is -0.124. The van der Waals surface area contributed by atoms with Crippen LogP contribution in [0.1, 0.15) is 36.8 Å². The van der Waals surface area contributed by atoms with Crippen LogP contribution in [0.25, 0.3) is 0 Å². The minimum atomic E-state index is -0.0711. The van der Waals surface area contributed by atoms with Crippen LogP contribution in [0.15, 0.2) is 24.3 Å². The predicted octanol–water partition coefficient (Wildman–Crippen LogP) is 2.49. The fourth-order valence-electron chi connectivity index (χ4n) is 3.38. The Morgan fingerprint density at radius 1 is 1.19 bits per heavy atom. The van der Waals surface area contributed by atoms with Gasteiger partial charge >= 0.3 is 0 Å². The summed E-state index contributed by atoms with van der Waals surface area (Å²) in [5, 5.41) is 7.41. The lowest BCUT2D eigenvalue weighted by Crippen LogP contribution is -2.51. The summed E-state index contributed by atoms with van der Waals surface area (Å²) in [6.07, 6.45) is 7.70. The zero-order valence-electron chi connectivity index (χ0n) is 12.6. The van der Waals surface area contributed by atoms with E-state index >= 15 is 0 Å². The summed E-state index contributed by atoms with van der Waals surface area (Å²) in [7, 11) is 0. The van der Waals surface area contributed by atoms with E-state index in [1.165, 1.54) is 24.0 Å². The van der Waals surface area contributed by atoms with Gasteiger partial charge in [0.15, 0.2) is 0 Å². The van der Waals surface area contributed by atoms with Crippen molar-refractivity contribution in [1.29, 1.82) is 0 Å². The standard InChI is InChI=1S/C17H24N2OS/c1-21-15-8-6-14(7-9-15)19-17(20)16-10-12-4-2-3-5-13(12)11-18-16/h2-5,14-16,18H,6-11H2,1H3,(H,19,20). The van der Waals surface area contributed by atoms with Crippen LogP contribution in [0, 0.1) is 0 Å². The van der Waals surface area contributed by atoms with Crippen molar-refractivity contribution >= 4 is 17.7 Å². The zero-order valence-corrected chi connectivity index (χ0v) is 13.4. The van der Waals surface area contributed by atoms with Gasteiger partial charge in [0.05, 0.1) is 6.04 Å². The minimum absolute atomic E-state index is 0.0711. The average Bonchev–Trinajstić information content (AvgIpc) is 2.55. The largest absolute Gasteiger partial charge is 0.352 e. The predicted molar refractivity (Wildman–Crippen MR) is 88.5 cm³/mol. The second-order valence-electron chi connectivity index (χ2n) is 6.12. The van der Waals surface area contributed by atoms with Crippen molar-refractivity contribution in [2.45, 2.75) is 56.0 Å². The number of fused-ring (bicyclic) bond motifs is 1. The molecule has 1 unspecified atom stereocenters. The highest BCUT2D eigenvalue weighted by Crippen LogP contribution is 2.27. The molecule has 1 fully saturated rings. The van der Waals surface area contributed by atoms with Crippen LogP contribution < -0.4 is 10.6 Å². The van der Waals surface area contributed by atoms with Crippen molar-refractivity contribution in [3.63, 3.8) is 0 Å². The maximum atomic E-state index is 12.4. The third-order valence-corrected chi connectivity index (χ3v) is 5.89. The van der Waals surface area contributed by atoms with Crippen molar-refractivity contribution in [2.24, 2.45) is 0 Å². The number of thioether (sulfide) groups is 1. The van der Waals surface area contributed by atoms with Crippen LogP contribution in [0.3, 0.4) is 0 Å². The first-order valence-corrected chi connectivity index (χ1v) is 9.18. The Labute approximate surface area is 131 Å². The number of amides is 1. The molecule has 3 rings (SSSR count). The molecule has 21 heavy (non-hydrogen) atoms. The van der Waals surface area contributed by atoms with Crippen LogP contribution in [-0.4, -0.2) is 29.5 Å². The van der Waals surface area contributed by atoms with Gasteiger partial charge in [-0.2, -0.15) is 11.8 Å². The molecule has 1 amide bonds. The van der Waals surface area contributed by atoms with E-state index in [-0.39, 0.29) is 11.9 Å². The van der Waals surface area contributed by atoms with Crippen LogP contribution in [0.4, 0.5) is 0 Å². The third-order valence-electron chi connectivity index (χ3n) is 4.75. The fraction of sp³-hybridized carbons (Fsp3) is 0.588. The van der Waals surface area contributed by atoms with E-state index in [0.717, 1.165) is 31.1 Å². The molecule has 2 N–H and O–H groups in total. The first-order valence-electron chi connectivity index (χ1n) is 7.89. The van der Waals surface area contributed by atoms with E-state index in [1.54, 1.807) is 0 Å². The van der Waals surface area contributed by atoms with Gasteiger partial charge in [-0.1, -0.05) is 24.3 Å². The molecule has 1 aromatic rings. The number of hydrogen-bond donors (Lipinski definition) is 2. The molecule has 1 saturated carbocycles. The van der Waals surface area contributed by atoms with Gasteiger partial charge in [-0.3, -0.25) is 4.79 Å². The van der Waals surface area contributed by atoms with Gasteiger partial charge in [0, 0.05) is 17.8 Å². The molecule has 0 bridgehead atoms. The lowest BCUT2D eigenvalue weighted by atomic mass is 9.93. The van der Waals surface area contributed by atoms with E-state index in [0.29, 0.717) is 6.04 Å². The number of carbonyl (C=O) groups is 1. The molecule has 2 aliphatic rings. The topological polar surface area (TPSA) is 41.1 Å². The van der Waals surface area contributed by atoms with Gasteiger partial charge in [0.2, 0.25) is 5.91 Å². The van der Waals surface area contributed by atoms with Crippen LogP contribution in [-0.2, 0) is 17.8 Å². The van der Waals surface area contributed by atoms with Gasteiger partial charge in [-0.05, 0) is 49.5 Å². The van der Waals surface area contributed by atoms with Crippen LogP contribution in [0.5, 0.6) is 0 Å². The van der Waals surface area contributed by atoms with E-state index in [1.807, 2.05) is 11.8 Å².